The molecule has 0 saturated carbocycles. The number of nitrogens with zero attached hydrogens (tertiary/aromatic N) is 1. The molecule has 0 amide bonds. The lowest BCUT2D eigenvalue weighted by molar-refractivity contribution is 0.135. The second-order valence-corrected chi connectivity index (χ2v) is 5.68. The molecule has 3 rings (SSSR count). The van der Waals surface area contributed by atoms with Crippen LogP contribution >= 0.6 is 0 Å². The smallest absolute Gasteiger partial charge is 0.115 e. The maximum atomic E-state index is 5.57. The molecule has 0 aromatic heterocycles. The zero-order valence-electron chi connectivity index (χ0n) is 12.1. The Labute approximate surface area is 121 Å². The van der Waals surface area contributed by atoms with Gasteiger partial charge in [0.1, 0.15) is 6.10 Å². The number of rotatable bonds is 4. The molecular formula is C17H24N2O. The first-order chi connectivity index (χ1) is 9.92. The predicted molar refractivity (Wildman–Crippen MR) is 84.2 cm³/mol. The van der Waals surface area contributed by atoms with Gasteiger partial charge in [-0.25, -0.2) is 0 Å². The molecule has 2 aliphatic heterocycles. The van der Waals surface area contributed by atoms with Crippen molar-refractivity contribution in [3.63, 3.8) is 0 Å². The van der Waals surface area contributed by atoms with Gasteiger partial charge in [0.2, 0.25) is 0 Å². The second kappa shape index (κ2) is 6.69. The fourth-order valence-electron chi connectivity index (χ4n) is 2.91. The van der Waals surface area contributed by atoms with Crippen LogP contribution in [0, 0.1) is 0 Å². The van der Waals surface area contributed by atoms with Crippen LogP contribution in [0.4, 0.5) is 11.4 Å². The number of hydrogen-bond acceptors (Lipinski definition) is 3. The van der Waals surface area contributed by atoms with E-state index in [1.165, 1.54) is 43.7 Å². The van der Waals surface area contributed by atoms with E-state index in [0.29, 0.717) is 6.10 Å². The van der Waals surface area contributed by atoms with E-state index in [2.05, 4.69) is 40.6 Å². The standard InChI is InChI=1S/C17H24N2O/c1-3-11-19(12-4-1)16-9-7-15(8-10-16)18-14-17-6-2-5-13-20-17/h5,7-10,13,17-18H,1-4,6,11-12,14H2. The van der Waals surface area contributed by atoms with Crippen LogP contribution in [0.1, 0.15) is 32.1 Å². The van der Waals surface area contributed by atoms with Crippen molar-refractivity contribution in [1.29, 1.82) is 0 Å². The summed E-state index contributed by atoms with van der Waals surface area (Å²) in [5.74, 6) is 0. The number of piperidine rings is 1. The molecular weight excluding hydrogens is 248 g/mol. The lowest BCUT2D eigenvalue weighted by atomic mass is 10.1. The van der Waals surface area contributed by atoms with Gasteiger partial charge in [0.25, 0.3) is 0 Å². The first kappa shape index (κ1) is 13.3. The summed E-state index contributed by atoms with van der Waals surface area (Å²) >= 11 is 0. The molecule has 1 fully saturated rings. The van der Waals surface area contributed by atoms with E-state index in [1.807, 2.05) is 6.26 Å². The zero-order valence-corrected chi connectivity index (χ0v) is 12.1. The van der Waals surface area contributed by atoms with Crippen LogP contribution in [0.2, 0.25) is 0 Å². The van der Waals surface area contributed by atoms with Crippen molar-refractivity contribution in [2.45, 2.75) is 38.2 Å². The van der Waals surface area contributed by atoms with Crippen molar-refractivity contribution in [2.75, 3.05) is 29.9 Å². The normalized spacial score (nSPS) is 22.4. The number of hydrogen-bond donors (Lipinski definition) is 1. The Balaban J connectivity index is 1.51. The minimum Gasteiger partial charge on any atom is -0.497 e. The third-order valence-corrected chi connectivity index (χ3v) is 4.14. The highest BCUT2D eigenvalue weighted by Crippen LogP contribution is 2.22. The van der Waals surface area contributed by atoms with Crippen LogP contribution in [0.3, 0.4) is 0 Å². The fraction of sp³-hybridized carbons (Fsp3) is 0.529. The van der Waals surface area contributed by atoms with Crippen molar-refractivity contribution in [1.82, 2.24) is 0 Å². The monoisotopic (exact) mass is 272 g/mol. The summed E-state index contributed by atoms with van der Waals surface area (Å²) in [6.07, 6.45) is 10.5. The maximum absolute atomic E-state index is 5.57. The number of benzene rings is 1. The predicted octanol–water partition coefficient (Wildman–Crippen LogP) is 3.78. The number of anilines is 2. The molecule has 0 radical (unpaired) electrons. The minimum atomic E-state index is 0.307. The summed E-state index contributed by atoms with van der Waals surface area (Å²) < 4.78 is 5.57. The zero-order chi connectivity index (χ0) is 13.6. The Kier molecular flexibility index (Phi) is 4.46. The van der Waals surface area contributed by atoms with E-state index >= 15 is 0 Å². The molecule has 1 aromatic rings. The van der Waals surface area contributed by atoms with Gasteiger partial charge in [-0.15, -0.1) is 0 Å². The van der Waals surface area contributed by atoms with Gasteiger partial charge in [-0.2, -0.15) is 0 Å². The molecule has 1 unspecified atom stereocenters. The average Bonchev–Trinajstić information content (AvgIpc) is 2.55. The van der Waals surface area contributed by atoms with Crippen molar-refractivity contribution in [2.24, 2.45) is 0 Å². The van der Waals surface area contributed by atoms with Gasteiger partial charge in [-0.05, 0) is 62.4 Å². The number of ether oxygens (including phenoxy) is 1. The highest BCUT2D eigenvalue weighted by atomic mass is 16.5. The van der Waals surface area contributed by atoms with E-state index in [1.54, 1.807) is 0 Å². The summed E-state index contributed by atoms with van der Waals surface area (Å²) in [5.41, 5.74) is 2.54. The Morgan fingerprint density at radius 2 is 1.90 bits per heavy atom. The van der Waals surface area contributed by atoms with Crippen LogP contribution in [0.15, 0.2) is 36.6 Å². The first-order valence-corrected chi connectivity index (χ1v) is 7.81. The Hall–Kier alpha value is -1.64. The van der Waals surface area contributed by atoms with Gasteiger partial charge in [0.15, 0.2) is 0 Å². The molecule has 108 valence electrons. The molecule has 0 bridgehead atoms. The molecule has 3 heteroatoms. The van der Waals surface area contributed by atoms with Crippen molar-refractivity contribution >= 4 is 11.4 Å². The lowest BCUT2D eigenvalue weighted by Gasteiger charge is -2.29. The highest BCUT2D eigenvalue weighted by Gasteiger charge is 2.12. The van der Waals surface area contributed by atoms with Gasteiger partial charge >= 0.3 is 0 Å². The fourth-order valence-corrected chi connectivity index (χ4v) is 2.91. The van der Waals surface area contributed by atoms with Crippen LogP contribution < -0.4 is 10.2 Å². The molecule has 1 saturated heterocycles. The maximum Gasteiger partial charge on any atom is 0.115 e. The van der Waals surface area contributed by atoms with Crippen LogP contribution in [0.5, 0.6) is 0 Å². The third-order valence-electron chi connectivity index (χ3n) is 4.14. The summed E-state index contributed by atoms with van der Waals surface area (Å²) in [5, 5.41) is 3.47. The van der Waals surface area contributed by atoms with Gasteiger partial charge < -0.3 is 15.0 Å². The van der Waals surface area contributed by atoms with Crippen molar-refractivity contribution in [3.8, 4) is 0 Å². The third kappa shape index (κ3) is 3.47. The van der Waals surface area contributed by atoms with Gasteiger partial charge in [-0.3, -0.25) is 0 Å². The highest BCUT2D eigenvalue weighted by molar-refractivity contribution is 5.55. The van der Waals surface area contributed by atoms with Crippen LogP contribution in [0.25, 0.3) is 0 Å². The van der Waals surface area contributed by atoms with Gasteiger partial charge in [0, 0.05) is 24.5 Å². The topological polar surface area (TPSA) is 24.5 Å². The van der Waals surface area contributed by atoms with E-state index in [4.69, 9.17) is 4.74 Å². The Bertz CT molecular complexity index is 435. The minimum absolute atomic E-state index is 0.307. The molecule has 1 N–H and O–H groups in total. The SMILES string of the molecule is C1=COC(CNc2ccc(N3CCCCC3)cc2)CC1. The summed E-state index contributed by atoms with van der Waals surface area (Å²) in [6, 6.07) is 8.83. The molecule has 1 atom stereocenters. The van der Waals surface area contributed by atoms with E-state index in [0.717, 1.165) is 19.4 Å². The number of allylic oxidation sites excluding steroid dienone is 1. The summed E-state index contributed by atoms with van der Waals surface area (Å²) in [4.78, 5) is 2.49. The van der Waals surface area contributed by atoms with Crippen molar-refractivity contribution < 1.29 is 4.74 Å². The van der Waals surface area contributed by atoms with E-state index in [-0.39, 0.29) is 0 Å². The van der Waals surface area contributed by atoms with Crippen LogP contribution in [-0.2, 0) is 4.74 Å². The molecule has 2 aliphatic rings. The average molecular weight is 272 g/mol. The first-order valence-electron chi connectivity index (χ1n) is 7.81. The Morgan fingerprint density at radius 3 is 2.60 bits per heavy atom. The van der Waals surface area contributed by atoms with E-state index < -0.39 is 0 Å². The molecule has 20 heavy (non-hydrogen) atoms. The molecule has 0 spiro atoms. The van der Waals surface area contributed by atoms with Gasteiger partial charge in [0.05, 0.1) is 12.8 Å². The quantitative estimate of drug-likeness (QED) is 0.902. The molecule has 2 heterocycles. The summed E-state index contributed by atoms with van der Waals surface area (Å²) in [6.45, 7) is 3.29. The second-order valence-electron chi connectivity index (χ2n) is 5.68. The van der Waals surface area contributed by atoms with Crippen molar-refractivity contribution in [3.05, 3.63) is 36.6 Å². The molecule has 1 aromatic carbocycles. The molecule has 3 nitrogen and oxygen atoms in total. The summed E-state index contributed by atoms with van der Waals surface area (Å²) in [7, 11) is 0. The Morgan fingerprint density at radius 1 is 1.10 bits per heavy atom. The van der Waals surface area contributed by atoms with Crippen LogP contribution in [-0.4, -0.2) is 25.7 Å². The number of nitrogens with one attached hydrogen (secondary N) is 1. The van der Waals surface area contributed by atoms with E-state index in [9.17, 15) is 0 Å². The molecule has 0 aliphatic carbocycles. The largest absolute Gasteiger partial charge is 0.497 e. The lowest BCUT2D eigenvalue weighted by Crippen LogP contribution is -2.29. The van der Waals surface area contributed by atoms with Gasteiger partial charge in [-0.1, -0.05) is 0 Å².